The molecule has 2 heteroatoms. The number of nitrogens with zero attached hydrogens (tertiary/aromatic N) is 1. The van der Waals surface area contributed by atoms with Crippen LogP contribution in [0.4, 0.5) is 0 Å². The standard InChI is InChI=1S/C7H16N2/c1-5-9(6-8)7(2,3)4/h6,8H,5H2,1-4H3. The summed E-state index contributed by atoms with van der Waals surface area (Å²) in [6.07, 6.45) is 1.39. The van der Waals surface area contributed by atoms with Gasteiger partial charge in [-0.3, -0.25) is 5.41 Å². The van der Waals surface area contributed by atoms with Gasteiger partial charge in [0.1, 0.15) is 0 Å². The predicted octanol–water partition coefficient (Wildman–Crippen LogP) is 1.71. The molecular formula is C7H16N2. The van der Waals surface area contributed by atoms with Gasteiger partial charge in [-0.25, -0.2) is 0 Å². The fourth-order valence-electron chi connectivity index (χ4n) is 0.759. The summed E-state index contributed by atoms with van der Waals surface area (Å²) in [6.45, 7) is 9.26. The van der Waals surface area contributed by atoms with Gasteiger partial charge in [0.2, 0.25) is 0 Å². The Kier molecular flexibility index (Phi) is 2.68. The van der Waals surface area contributed by atoms with E-state index in [9.17, 15) is 0 Å². The van der Waals surface area contributed by atoms with Gasteiger partial charge in [0.05, 0.1) is 6.34 Å². The van der Waals surface area contributed by atoms with Crippen LogP contribution < -0.4 is 0 Å². The van der Waals surface area contributed by atoms with Crippen molar-refractivity contribution in [3.63, 3.8) is 0 Å². The van der Waals surface area contributed by atoms with Crippen molar-refractivity contribution in [2.45, 2.75) is 33.2 Å². The van der Waals surface area contributed by atoms with Gasteiger partial charge < -0.3 is 4.90 Å². The summed E-state index contributed by atoms with van der Waals surface area (Å²) in [7, 11) is 0. The molecule has 0 aromatic carbocycles. The highest BCUT2D eigenvalue weighted by molar-refractivity contribution is 5.51. The first-order valence-corrected chi connectivity index (χ1v) is 3.29. The highest BCUT2D eigenvalue weighted by atomic mass is 15.2. The lowest BCUT2D eigenvalue weighted by molar-refractivity contribution is 0.254. The molecule has 2 nitrogen and oxygen atoms in total. The molecule has 0 aromatic heterocycles. The zero-order valence-corrected chi connectivity index (χ0v) is 6.73. The summed E-state index contributed by atoms with van der Waals surface area (Å²) in [5.41, 5.74) is 0.108. The third-order valence-corrected chi connectivity index (χ3v) is 1.36. The molecule has 0 fully saturated rings. The SMILES string of the molecule is CCN(C=N)C(C)(C)C. The minimum Gasteiger partial charge on any atom is -0.359 e. The number of hydrogen-bond acceptors (Lipinski definition) is 1. The molecule has 0 heterocycles. The van der Waals surface area contributed by atoms with Gasteiger partial charge in [0, 0.05) is 12.1 Å². The molecule has 0 aliphatic heterocycles. The molecule has 0 aliphatic rings. The first kappa shape index (κ1) is 8.47. The fraction of sp³-hybridized carbons (Fsp3) is 0.857. The summed E-state index contributed by atoms with van der Waals surface area (Å²) in [6, 6.07) is 0. The maximum absolute atomic E-state index is 7.02. The van der Waals surface area contributed by atoms with Crippen LogP contribution in [0.25, 0.3) is 0 Å². The lowest BCUT2D eigenvalue weighted by Gasteiger charge is -2.32. The molecule has 0 radical (unpaired) electrons. The maximum atomic E-state index is 7.02. The second-order valence-electron chi connectivity index (χ2n) is 3.09. The second-order valence-corrected chi connectivity index (χ2v) is 3.09. The maximum Gasteiger partial charge on any atom is 0.0821 e. The smallest absolute Gasteiger partial charge is 0.0821 e. The Morgan fingerprint density at radius 2 is 1.89 bits per heavy atom. The van der Waals surface area contributed by atoms with E-state index in [0.29, 0.717) is 0 Å². The van der Waals surface area contributed by atoms with E-state index in [-0.39, 0.29) is 5.54 Å². The van der Waals surface area contributed by atoms with Crippen LogP contribution in [0.5, 0.6) is 0 Å². The predicted molar refractivity (Wildman–Crippen MR) is 40.9 cm³/mol. The normalized spacial score (nSPS) is 11.1. The lowest BCUT2D eigenvalue weighted by atomic mass is 10.1. The summed E-state index contributed by atoms with van der Waals surface area (Å²) < 4.78 is 0. The monoisotopic (exact) mass is 128 g/mol. The van der Waals surface area contributed by atoms with Crippen LogP contribution in [-0.4, -0.2) is 23.3 Å². The van der Waals surface area contributed by atoms with Crippen molar-refractivity contribution in [1.82, 2.24) is 4.90 Å². The van der Waals surface area contributed by atoms with E-state index in [0.717, 1.165) is 6.54 Å². The molecular weight excluding hydrogens is 112 g/mol. The minimum absolute atomic E-state index is 0.108. The first-order valence-electron chi connectivity index (χ1n) is 3.29. The molecule has 0 unspecified atom stereocenters. The van der Waals surface area contributed by atoms with Gasteiger partial charge in [0.25, 0.3) is 0 Å². The van der Waals surface area contributed by atoms with Crippen molar-refractivity contribution in [2.24, 2.45) is 0 Å². The van der Waals surface area contributed by atoms with Crippen molar-refractivity contribution in [1.29, 1.82) is 5.41 Å². The van der Waals surface area contributed by atoms with Gasteiger partial charge in [0.15, 0.2) is 0 Å². The summed E-state index contributed by atoms with van der Waals surface area (Å²) in [5, 5.41) is 7.02. The minimum atomic E-state index is 0.108. The van der Waals surface area contributed by atoms with E-state index in [1.165, 1.54) is 6.34 Å². The number of rotatable bonds is 2. The second kappa shape index (κ2) is 2.85. The molecule has 0 saturated heterocycles. The van der Waals surface area contributed by atoms with E-state index in [1.807, 2.05) is 4.90 Å². The van der Waals surface area contributed by atoms with Crippen LogP contribution in [-0.2, 0) is 0 Å². The largest absolute Gasteiger partial charge is 0.359 e. The fourth-order valence-corrected chi connectivity index (χ4v) is 0.759. The third-order valence-electron chi connectivity index (χ3n) is 1.36. The van der Waals surface area contributed by atoms with E-state index in [2.05, 4.69) is 27.7 Å². The Morgan fingerprint density at radius 3 is 1.89 bits per heavy atom. The summed E-state index contributed by atoms with van der Waals surface area (Å²) in [5.74, 6) is 0. The van der Waals surface area contributed by atoms with E-state index >= 15 is 0 Å². The van der Waals surface area contributed by atoms with Gasteiger partial charge >= 0.3 is 0 Å². The van der Waals surface area contributed by atoms with E-state index in [1.54, 1.807) is 0 Å². The topological polar surface area (TPSA) is 27.1 Å². The zero-order chi connectivity index (χ0) is 7.49. The lowest BCUT2D eigenvalue weighted by Crippen LogP contribution is -2.39. The Hall–Kier alpha value is -0.530. The van der Waals surface area contributed by atoms with Crippen LogP contribution >= 0.6 is 0 Å². The number of hydrogen-bond donors (Lipinski definition) is 1. The van der Waals surface area contributed by atoms with E-state index < -0.39 is 0 Å². The Labute approximate surface area is 57.4 Å². The van der Waals surface area contributed by atoms with Gasteiger partial charge in [-0.2, -0.15) is 0 Å². The van der Waals surface area contributed by atoms with Gasteiger partial charge in [-0.1, -0.05) is 0 Å². The van der Waals surface area contributed by atoms with Gasteiger partial charge in [-0.05, 0) is 27.7 Å². The molecule has 9 heavy (non-hydrogen) atoms. The third kappa shape index (κ3) is 2.49. The molecule has 0 amide bonds. The average Bonchev–Trinajstić information content (AvgIpc) is 1.65. The molecule has 0 bridgehead atoms. The molecule has 0 aliphatic carbocycles. The zero-order valence-electron chi connectivity index (χ0n) is 6.73. The van der Waals surface area contributed by atoms with Crippen LogP contribution in [0.3, 0.4) is 0 Å². The van der Waals surface area contributed by atoms with E-state index in [4.69, 9.17) is 5.41 Å². The molecule has 0 rings (SSSR count). The highest BCUT2D eigenvalue weighted by Gasteiger charge is 2.15. The Morgan fingerprint density at radius 1 is 1.44 bits per heavy atom. The Balaban J connectivity index is 3.94. The van der Waals surface area contributed by atoms with Crippen LogP contribution in [0.1, 0.15) is 27.7 Å². The van der Waals surface area contributed by atoms with Crippen molar-refractivity contribution in [3.05, 3.63) is 0 Å². The summed E-state index contributed by atoms with van der Waals surface area (Å²) >= 11 is 0. The first-order chi connectivity index (χ1) is 4.02. The Bertz CT molecular complexity index is 91.6. The average molecular weight is 128 g/mol. The number of nitrogens with one attached hydrogen (secondary N) is 1. The molecule has 54 valence electrons. The van der Waals surface area contributed by atoms with Crippen molar-refractivity contribution in [3.8, 4) is 0 Å². The van der Waals surface area contributed by atoms with Gasteiger partial charge in [-0.15, -0.1) is 0 Å². The molecule has 0 aromatic rings. The highest BCUT2D eigenvalue weighted by Crippen LogP contribution is 2.08. The summed E-state index contributed by atoms with van der Waals surface area (Å²) in [4.78, 5) is 1.98. The molecule has 0 spiro atoms. The van der Waals surface area contributed by atoms with Crippen LogP contribution in [0.15, 0.2) is 0 Å². The molecule has 0 saturated carbocycles. The van der Waals surface area contributed by atoms with Crippen molar-refractivity contribution < 1.29 is 0 Å². The quantitative estimate of drug-likeness (QED) is 0.445. The van der Waals surface area contributed by atoms with Crippen molar-refractivity contribution >= 4 is 6.34 Å². The van der Waals surface area contributed by atoms with Crippen LogP contribution in [0, 0.1) is 5.41 Å². The molecule has 0 atom stereocenters. The van der Waals surface area contributed by atoms with Crippen LogP contribution in [0.2, 0.25) is 0 Å². The molecule has 1 N–H and O–H groups in total. The van der Waals surface area contributed by atoms with Crippen molar-refractivity contribution in [2.75, 3.05) is 6.54 Å².